The van der Waals surface area contributed by atoms with Gasteiger partial charge >= 0.3 is 0 Å². The molecule has 1 heterocycles. The quantitative estimate of drug-likeness (QED) is 0.492. The van der Waals surface area contributed by atoms with Gasteiger partial charge < -0.3 is 15.8 Å². The lowest BCUT2D eigenvalue weighted by Crippen LogP contribution is -2.21. The number of nitrogens with two attached hydrogens (primary N) is 1. The Balaban J connectivity index is 1.93. The normalized spacial score (nSPS) is 11.3. The van der Waals surface area contributed by atoms with Gasteiger partial charge in [0.1, 0.15) is 33.9 Å². The number of methoxy groups -OCH3 is 1. The number of anilines is 2. The summed E-state index contributed by atoms with van der Waals surface area (Å²) in [6.45, 7) is 1.51. The molecule has 11 heteroatoms. The molecule has 0 aliphatic carbocycles. The molecule has 0 radical (unpaired) electrons. The Hall–Kier alpha value is -3.05. The summed E-state index contributed by atoms with van der Waals surface area (Å²) in [7, 11) is -2.51. The van der Waals surface area contributed by atoms with Gasteiger partial charge in [0.2, 0.25) is 15.7 Å². The van der Waals surface area contributed by atoms with Gasteiger partial charge in [-0.2, -0.15) is 5.10 Å². The molecule has 3 rings (SSSR count). The third kappa shape index (κ3) is 5.00. The van der Waals surface area contributed by atoms with Gasteiger partial charge in [0, 0.05) is 5.69 Å². The Bertz CT molecular complexity index is 1190. The molecule has 1 aromatic heterocycles. The summed E-state index contributed by atoms with van der Waals surface area (Å²) in [5, 5.41) is 6.98. The Morgan fingerprint density at radius 1 is 1.26 bits per heavy atom. The number of rotatable bonds is 8. The van der Waals surface area contributed by atoms with Gasteiger partial charge in [0.25, 0.3) is 0 Å². The first-order chi connectivity index (χ1) is 14.8. The number of sulfone groups is 1. The van der Waals surface area contributed by atoms with E-state index in [9.17, 15) is 17.6 Å². The molecule has 3 aromatic rings. The van der Waals surface area contributed by atoms with Crippen molar-refractivity contribution in [1.82, 2.24) is 9.78 Å². The van der Waals surface area contributed by atoms with E-state index in [1.807, 2.05) is 6.92 Å². The minimum atomic E-state index is -3.99. The van der Waals surface area contributed by atoms with E-state index < -0.39 is 21.6 Å². The van der Waals surface area contributed by atoms with Gasteiger partial charge in [-0.1, -0.05) is 13.0 Å². The second-order valence-electron chi connectivity index (χ2n) is 6.35. The Morgan fingerprint density at radius 2 is 1.97 bits per heavy atom. The van der Waals surface area contributed by atoms with Crippen LogP contribution in [0.15, 0.2) is 63.3 Å². The van der Waals surface area contributed by atoms with E-state index in [1.54, 1.807) is 0 Å². The number of aromatic nitrogens is 2. The van der Waals surface area contributed by atoms with Crippen LogP contribution in [0.1, 0.15) is 6.92 Å². The smallest absolute Gasteiger partial charge is 0.246 e. The second-order valence-corrected chi connectivity index (χ2v) is 9.49. The van der Waals surface area contributed by atoms with Crippen LogP contribution in [-0.4, -0.2) is 37.0 Å². The lowest BCUT2D eigenvalue weighted by Gasteiger charge is -2.08. The molecule has 0 saturated heterocycles. The summed E-state index contributed by atoms with van der Waals surface area (Å²) < 4.78 is 46.0. The molecule has 0 spiro atoms. The first-order valence-electron chi connectivity index (χ1n) is 9.20. The number of hydrogen-bond acceptors (Lipinski definition) is 7. The molecular formula is C20H21FN4O4S2. The van der Waals surface area contributed by atoms with E-state index in [2.05, 4.69) is 10.4 Å². The number of halogens is 1. The fourth-order valence-electron chi connectivity index (χ4n) is 2.82. The number of amides is 1. The molecule has 0 aliphatic rings. The van der Waals surface area contributed by atoms with Crippen molar-refractivity contribution in [2.24, 2.45) is 0 Å². The fourth-order valence-corrected chi connectivity index (χ4v) is 5.37. The molecule has 2 aromatic carbocycles. The van der Waals surface area contributed by atoms with Gasteiger partial charge in [-0.25, -0.2) is 17.5 Å². The molecule has 1 amide bonds. The highest BCUT2D eigenvalue weighted by Gasteiger charge is 2.30. The summed E-state index contributed by atoms with van der Waals surface area (Å²) in [5.41, 5.74) is 6.39. The zero-order chi connectivity index (χ0) is 22.6. The van der Waals surface area contributed by atoms with Crippen LogP contribution >= 0.6 is 11.8 Å². The summed E-state index contributed by atoms with van der Waals surface area (Å²) in [5.74, 6) is -0.107. The van der Waals surface area contributed by atoms with Crippen molar-refractivity contribution in [2.75, 3.05) is 23.9 Å². The summed E-state index contributed by atoms with van der Waals surface area (Å²) in [6, 6.07) is 11.3. The molecule has 0 saturated carbocycles. The van der Waals surface area contributed by atoms with Crippen molar-refractivity contribution >= 4 is 39.0 Å². The molecule has 3 N–H and O–H groups in total. The van der Waals surface area contributed by atoms with Gasteiger partial charge in [-0.15, -0.1) is 11.8 Å². The number of thioether (sulfide) groups is 1. The van der Waals surface area contributed by atoms with Crippen molar-refractivity contribution in [3.63, 3.8) is 0 Å². The van der Waals surface area contributed by atoms with E-state index in [4.69, 9.17) is 10.5 Å². The number of benzene rings is 2. The predicted octanol–water partition coefficient (Wildman–Crippen LogP) is 3.20. The number of nitrogens with zero attached hydrogens (tertiary/aromatic N) is 2. The van der Waals surface area contributed by atoms with Crippen LogP contribution in [0.2, 0.25) is 0 Å². The Kier molecular flexibility index (Phi) is 6.86. The SMILES string of the molecule is CCSc1nn(CC(=O)Nc2cccc(F)c2)c(N)c1S(=O)(=O)c1ccc(OC)cc1. The molecular weight excluding hydrogens is 443 g/mol. The summed E-state index contributed by atoms with van der Waals surface area (Å²) in [6.07, 6.45) is 0. The fraction of sp³-hybridized carbons (Fsp3) is 0.200. The van der Waals surface area contributed by atoms with Gasteiger partial charge in [0.05, 0.1) is 12.0 Å². The maximum absolute atomic E-state index is 13.3. The molecule has 0 unspecified atom stereocenters. The van der Waals surface area contributed by atoms with Gasteiger partial charge in [-0.05, 0) is 48.2 Å². The Morgan fingerprint density at radius 3 is 2.58 bits per heavy atom. The predicted molar refractivity (Wildman–Crippen MR) is 117 cm³/mol. The lowest BCUT2D eigenvalue weighted by molar-refractivity contribution is -0.116. The van der Waals surface area contributed by atoms with Crippen LogP contribution in [0.3, 0.4) is 0 Å². The van der Waals surface area contributed by atoms with Crippen LogP contribution in [0.4, 0.5) is 15.9 Å². The van der Waals surface area contributed by atoms with Crippen molar-refractivity contribution in [1.29, 1.82) is 0 Å². The Labute approximate surface area is 183 Å². The first-order valence-corrected chi connectivity index (χ1v) is 11.7. The van der Waals surface area contributed by atoms with Crippen LogP contribution < -0.4 is 15.8 Å². The zero-order valence-corrected chi connectivity index (χ0v) is 18.5. The maximum atomic E-state index is 13.3. The highest BCUT2D eigenvalue weighted by molar-refractivity contribution is 8.00. The molecule has 164 valence electrons. The molecule has 31 heavy (non-hydrogen) atoms. The monoisotopic (exact) mass is 464 g/mol. The third-order valence-electron chi connectivity index (χ3n) is 4.24. The number of nitrogens with one attached hydrogen (secondary N) is 1. The van der Waals surface area contributed by atoms with Gasteiger partial charge in [0.15, 0.2) is 0 Å². The number of carbonyl (C=O) groups is 1. The molecule has 0 aliphatic heterocycles. The van der Waals surface area contributed by atoms with Crippen molar-refractivity contribution in [2.45, 2.75) is 28.3 Å². The average Bonchev–Trinajstić information content (AvgIpc) is 3.03. The minimum absolute atomic E-state index is 0.0294. The van der Waals surface area contributed by atoms with Crippen LogP contribution in [0.5, 0.6) is 5.75 Å². The second kappa shape index (κ2) is 9.40. The number of nitrogen functional groups attached to an aromatic ring is 1. The topological polar surface area (TPSA) is 116 Å². The highest BCUT2D eigenvalue weighted by atomic mass is 32.2. The maximum Gasteiger partial charge on any atom is 0.246 e. The van der Waals surface area contributed by atoms with E-state index in [0.717, 1.165) is 4.68 Å². The standard InChI is InChI=1S/C20H21FN4O4S2/c1-3-30-20-18(31(27,28)16-9-7-15(29-2)8-10-16)19(22)25(24-20)12-17(26)23-14-6-4-5-13(21)11-14/h4-11H,3,12,22H2,1-2H3,(H,23,26). The number of ether oxygens (including phenoxy) is 1. The largest absolute Gasteiger partial charge is 0.497 e. The molecule has 8 nitrogen and oxygen atoms in total. The summed E-state index contributed by atoms with van der Waals surface area (Å²) >= 11 is 1.20. The third-order valence-corrected chi connectivity index (χ3v) is 7.05. The van der Waals surface area contributed by atoms with E-state index in [-0.39, 0.29) is 32.9 Å². The molecule has 0 fully saturated rings. The van der Waals surface area contributed by atoms with Crippen molar-refractivity contribution < 1.29 is 22.3 Å². The minimum Gasteiger partial charge on any atom is -0.497 e. The zero-order valence-electron chi connectivity index (χ0n) is 16.8. The average molecular weight is 465 g/mol. The van der Waals surface area contributed by atoms with Crippen molar-refractivity contribution in [3.8, 4) is 5.75 Å². The lowest BCUT2D eigenvalue weighted by atomic mass is 10.3. The first kappa shape index (κ1) is 22.6. The summed E-state index contributed by atoms with van der Waals surface area (Å²) in [4.78, 5) is 12.3. The molecule has 0 bridgehead atoms. The van der Waals surface area contributed by atoms with Crippen LogP contribution in [0.25, 0.3) is 0 Å². The van der Waals surface area contributed by atoms with E-state index in [1.165, 1.54) is 67.4 Å². The van der Waals surface area contributed by atoms with E-state index in [0.29, 0.717) is 11.5 Å². The highest BCUT2D eigenvalue weighted by Crippen LogP contribution is 2.35. The van der Waals surface area contributed by atoms with Crippen molar-refractivity contribution in [3.05, 3.63) is 54.3 Å². The number of carbonyl (C=O) groups excluding carboxylic acids is 1. The van der Waals surface area contributed by atoms with Crippen LogP contribution in [0, 0.1) is 5.82 Å². The molecule has 0 atom stereocenters. The van der Waals surface area contributed by atoms with Gasteiger partial charge in [-0.3, -0.25) is 4.79 Å². The van der Waals surface area contributed by atoms with E-state index >= 15 is 0 Å². The number of hydrogen-bond donors (Lipinski definition) is 2. The van der Waals surface area contributed by atoms with Crippen LogP contribution in [-0.2, 0) is 21.2 Å².